The molecule has 15 heavy (non-hydrogen) atoms. The topological polar surface area (TPSA) is 3.24 Å². The van der Waals surface area contributed by atoms with Crippen molar-refractivity contribution in [2.45, 2.75) is 20.8 Å². The fourth-order valence-corrected chi connectivity index (χ4v) is 1.25. The second-order valence-corrected chi connectivity index (χ2v) is 3.95. The number of rotatable bonds is 3. The number of hydrogen-bond donors (Lipinski definition) is 0. The molecular weight excluding hydrogens is 182 g/mol. The summed E-state index contributed by atoms with van der Waals surface area (Å²) in [6.07, 6.45) is 4.27. The Hall–Kier alpha value is -1.50. The lowest BCUT2D eigenvalue weighted by molar-refractivity contribution is 1.09. The molecule has 0 heterocycles. The summed E-state index contributed by atoms with van der Waals surface area (Å²) in [6.45, 7) is 6.32. The summed E-state index contributed by atoms with van der Waals surface area (Å²) in [5.41, 5.74) is 3.77. The Morgan fingerprint density at radius 2 is 1.60 bits per heavy atom. The van der Waals surface area contributed by atoms with E-state index in [1.807, 2.05) is 6.07 Å². The minimum Gasteiger partial charge on any atom is -0.348 e. The van der Waals surface area contributed by atoms with Crippen molar-refractivity contribution in [1.82, 2.24) is 0 Å². The number of nitrogens with zero attached hydrogens (tertiary/aromatic N) is 1. The van der Waals surface area contributed by atoms with Gasteiger partial charge >= 0.3 is 0 Å². The first-order valence-electron chi connectivity index (χ1n) is 5.22. The number of para-hydroxylation sites is 1. The van der Waals surface area contributed by atoms with Crippen LogP contribution in [0.5, 0.6) is 0 Å². The van der Waals surface area contributed by atoms with Gasteiger partial charge in [-0.15, -0.1) is 0 Å². The van der Waals surface area contributed by atoms with Gasteiger partial charge in [-0.05, 0) is 39.0 Å². The van der Waals surface area contributed by atoms with Crippen LogP contribution in [0.2, 0.25) is 0 Å². The third-order valence-electron chi connectivity index (χ3n) is 2.33. The van der Waals surface area contributed by atoms with Crippen molar-refractivity contribution in [1.29, 1.82) is 0 Å². The van der Waals surface area contributed by atoms with Gasteiger partial charge < -0.3 is 4.90 Å². The lowest BCUT2D eigenvalue weighted by Crippen LogP contribution is -2.13. The summed E-state index contributed by atoms with van der Waals surface area (Å²) >= 11 is 0. The van der Waals surface area contributed by atoms with Gasteiger partial charge in [0.15, 0.2) is 0 Å². The maximum atomic E-state index is 2.18. The van der Waals surface area contributed by atoms with Crippen LogP contribution in [0.4, 0.5) is 5.69 Å². The Bertz CT molecular complexity index is 356. The molecule has 1 rings (SSSR count). The second kappa shape index (κ2) is 5.40. The van der Waals surface area contributed by atoms with Crippen LogP contribution in [0.15, 0.2) is 53.8 Å². The third-order valence-corrected chi connectivity index (χ3v) is 2.33. The molecule has 80 valence electrons. The van der Waals surface area contributed by atoms with E-state index in [0.717, 1.165) is 0 Å². The number of allylic oxidation sites excluding steroid dienone is 4. The highest BCUT2D eigenvalue weighted by Crippen LogP contribution is 2.16. The number of benzene rings is 1. The van der Waals surface area contributed by atoms with Crippen molar-refractivity contribution in [2.75, 3.05) is 11.9 Å². The third kappa shape index (κ3) is 3.62. The fourth-order valence-electron chi connectivity index (χ4n) is 1.25. The van der Waals surface area contributed by atoms with E-state index in [1.165, 1.54) is 17.0 Å². The predicted octanol–water partition coefficient (Wildman–Crippen LogP) is 3.99. The molecule has 0 atom stereocenters. The smallest absolute Gasteiger partial charge is 0.0405 e. The van der Waals surface area contributed by atoms with E-state index in [9.17, 15) is 0 Å². The fraction of sp³-hybridized carbons (Fsp3) is 0.286. The molecule has 0 bridgehead atoms. The van der Waals surface area contributed by atoms with E-state index in [4.69, 9.17) is 0 Å². The van der Waals surface area contributed by atoms with Crippen molar-refractivity contribution < 1.29 is 0 Å². The average Bonchev–Trinajstić information content (AvgIpc) is 2.26. The maximum absolute atomic E-state index is 2.18. The molecule has 1 nitrogen and oxygen atoms in total. The van der Waals surface area contributed by atoms with Crippen molar-refractivity contribution in [3.05, 3.63) is 53.8 Å². The normalized spacial score (nSPS) is 11.1. The molecule has 1 heteroatoms. The first-order valence-corrected chi connectivity index (χ1v) is 5.22. The van der Waals surface area contributed by atoms with Gasteiger partial charge in [0, 0.05) is 18.4 Å². The minimum absolute atomic E-state index is 1.22. The lowest BCUT2D eigenvalue weighted by Gasteiger charge is -2.19. The van der Waals surface area contributed by atoms with Gasteiger partial charge in [0.05, 0.1) is 0 Å². The molecular formula is C14H19N. The van der Waals surface area contributed by atoms with Crippen LogP contribution in [0.25, 0.3) is 0 Å². The highest BCUT2D eigenvalue weighted by Gasteiger charge is 1.99. The Kier molecular flexibility index (Phi) is 4.17. The Morgan fingerprint density at radius 1 is 1.00 bits per heavy atom. The first-order chi connectivity index (χ1) is 7.11. The molecule has 0 amide bonds. The molecule has 0 aliphatic rings. The van der Waals surface area contributed by atoms with E-state index in [0.29, 0.717) is 0 Å². The van der Waals surface area contributed by atoms with Crippen LogP contribution >= 0.6 is 0 Å². The predicted molar refractivity (Wildman–Crippen MR) is 68.0 cm³/mol. The maximum Gasteiger partial charge on any atom is 0.0405 e. The summed E-state index contributed by atoms with van der Waals surface area (Å²) in [6, 6.07) is 10.4. The molecule has 0 radical (unpaired) electrons. The van der Waals surface area contributed by atoms with Gasteiger partial charge in [-0.3, -0.25) is 0 Å². The molecule has 0 aliphatic carbocycles. The van der Waals surface area contributed by atoms with Gasteiger partial charge in [-0.25, -0.2) is 0 Å². The molecule has 0 aromatic heterocycles. The summed E-state index contributed by atoms with van der Waals surface area (Å²) in [5.74, 6) is 0. The van der Waals surface area contributed by atoms with Crippen LogP contribution in [-0.4, -0.2) is 7.05 Å². The lowest BCUT2D eigenvalue weighted by atomic mass is 10.2. The SMILES string of the molecule is CC(C)=C/C=C(/C)N(C)c1ccccc1. The van der Waals surface area contributed by atoms with Gasteiger partial charge in [-0.2, -0.15) is 0 Å². The molecule has 0 aliphatic heterocycles. The zero-order chi connectivity index (χ0) is 11.3. The molecule has 0 spiro atoms. The molecule has 1 aromatic carbocycles. The van der Waals surface area contributed by atoms with Crippen LogP contribution in [0, 0.1) is 0 Å². The largest absolute Gasteiger partial charge is 0.348 e. The summed E-state index contributed by atoms with van der Waals surface area (Å²) in [7, 11) is 2.08. The van der Waals surface area contributed by atoms with Crippen molar-refractivity contribution in [3.8, 4) is 0 Å². The highest BCUT2D eigenvalue weighted by atomic mass is 15.1. The van der Waals surface area contributed by atoms with E-state index in [2.05, 4.69) is 69.1 Å². The van der Waals surface area contributed by atoms with Gasteiger partial charge in [0.2, 0.25) is 0 Å². The zero-order valence-corrected chi connectivity index (χ0v) is 9.99. The molecule has 0 unspecified atom stereocenters. The van der Waals surface area contributed by atoms with Crippen LogP contribution in [0.3, 0.4) is 0 Å². The Morgan fingerprint density at radius 3 is 2.13 bits per heavy atom. The number of anilines is 1. The summed E-state index contributed by atoms with van der Waals surface area (Å²) in [5, 5.41) is 0. The Balaban J connectivity index is 2.82. The van der Waals surface area contributed by atoms with E-state index < -0.39 is 0 Å². The van der Waals surface area contributed by atoms with Crippen molar-refractivity contribution >= 4 is 5.69 Å². The molecule has 0 fully saturated rings. The average molecular weight is 201 g/mol. The van der Waals surface area contributed by atoms with Gasteiger partial charge in [-0.1, -0.05) is 29.8 Å². The molecule has 0 saturated heterocycles. The van der Waals surface area contributed by atoms with Crippen molar-refractivity contribution in [2.24, 2.45) is 0 Å². The monoisotopic (exact) mass is 201 g/mol. The minimum atomic E-state index is 1.22. The van der Waals surface area contributed by atoms with Gasteiger partial charge in [0.1, 0.15) is 0 Å². The quantitative estimate of drug-likeness (QED) is 0.668. The standard InChI is InChI=1S/C14H19N/c1-12(2)10-11-13(3)15(4)14-8-6-5-7-9-14/h5-11H,1-4H3/b13-11-. The highest BCUT2D eigenvalue weighted by molar-refractivity contribution is 5.50. The molecule has 0 N–H and O–H groups in total. The molecule has 1 aromatic rings. The van der Waals surface area contributed by atoms with Crippen LogP contribution < -0.4 is 4.90 Å². The summed E-state index contributed by atoms with van der Waals surface area (Å²) < 4.78 is 0. The van der Waals surface area contributed by atoms with E-state index in [1.54, 1.807) is 0 Å². The zero-order valence-electron chi connectivity index (χ0n) is 9.99. The van der Waals surface area contributed by atoms with Crippen LogP contribution in [0.1, 0.15) is 20.8 Å². The van der Waals surface area contributed by atoms with E-state index in [-0.39, 0.29) is 0 Å². The van der Waals surface area contributed by atoms with Gasteiger partial charge in [0.25, 0.3) is 0 Å². The van der Waals surface area contributed by atoms with Crippen molar-refractivity contribution in [3.63, 3.8) is 0 Å². The van der Waals surface area contributed by atoms with Crippen LogP contribution in [-0.2, 0) is 0 Å². The molecule has 0 saturated carbocycles. The number of hydrogen-bond acceptors (Lipinski definition) is 1. The second-order valence-electron chi connectivity index (χ2n) is 3.95. The summed E-state index contributed by atoms with van der Waals surface area (Å²) in [4.78, 5) is 2.18. The Labute approximate surface area is 92.7 Å². The van der Waals surface area contributed by atoms with E-state index >= 15 is 0 Å². The first kappa shape index (κ1) is 11.6.